The van der Waals surface area contributed by atoms with Crippen LogP contribution in [-0.2, 0) is 6.54 Å². The van der Waals surface area contributed by atoms with Crippen LogP contribution in [0, 0.1) is 0 Å². The number of piperazine rings is 1. The molecule has 0 radical (unpaired) electrons. The summed E-state index contributed by atoms with van der Waals surface area (Å²) < 4.78 is 0. The van der Waals surface area contributed by atoms with Gasteiger partial charge in [-0.05, 0) is 29.8 Å². The number of hydrogen-bond acceptors (Lipinski definition) is 6. The lowest BCUT2D eigenvalue weighted by molar-refractivity contribution is 0.0596. The van der Waals surface area contributed by atoms with Gasteiger partial charge in [0.2, 0.25) is 0 Å². The first kappa shape index (κ1) is 23.0. The third-order valence-corrected chi connectivity index (χ3v) is 6.31. The van der Waals surface area contributed by atoms with Crippen molar-refractivity contribution in [1.82, 2.24) is 30.3 Å². The molecule has 2 aromatic heterocycles. The third-order valence-electron chi connectivity index (χ3n) is 5.99. The van der Waals surface area contributed by atoms with Crippen molar-refractivity contribution in [3.63, 3.8) is 0 Å². The molecule has 8 nitrogen and oxygen atoms in total. The summed E-state index contributed by atoms with van der Waals surface area (Å²) in [7, 11) is 0. The number of nitrogens with one attached hydrogen (secondary N) is 2. The first-order valence-electron chi connectivity index (χ1n) is 11.4. The molecular formula is C26H25ClN6O2. The number of pyridine rings is 1. The Labute approximate surface area is 208 Å². The Bertz CT molecular complexity index is 1300. The van der Waals surface area contributed by atoms with Crippen LogP contribution in [0.3, 0.4) is 0 Å². The zero-order valence-corrected chi connectivity index (χ0v) is 19.7. The lowest BCUT2D eigenvalue weighted by Crippen LogP contribution is -2.53. The number of hydrazine groups is 1. The van der Waals surface area contributed by atoms with E-state index in [4.69, 9.17) is 11.6 Å². The number of phenolic OH excluding ortho intramolecular Hbond substituents is 1. The summed E-state index contributed by atoms with van der Waals surface area (Å²) in [6.07, 6.45) is 3.35. The molecule has 35 heavy (non-hydrogen) atoms. The van der Waals surface area contributed by atoms with Crippen molar-refractivity contribution in [1.29, 1.82) is 0 Å². The van der Waals surface area contributed by atoms with Crippen LogP contribution in [0.15, 0.2) is 73.1 Å². The van der Waals surface area contributed by atoms with Crippen molar-refractivity contribution in [2.24, 2.45) is 0 Å². The van der Waals surface area contributed by atoms with Gasteiger partial charge in [-0.1, -0.05) is 48.0 Å². The van der Waals surface area contributed by atoms with Crippen molar-refractivity contribution in [3.8, 4) is 28.3 Å². The summed E-state index contributed by atoms with van der Waals surface area (Å²) in [5.74, 6) is -0.179. The molecule has 3 heterocycles. The normalized spacial score (nSPS) is 14.7. The first-order valence-corrected chi connectivity index (χ1v) is 11.8. The summed E-state index contributed by atoms with van der Waals surface area (Å²) in [4.78, 5) is 27.3. The molecule has 1 fully saturated rings. The number of phenols is 1. The van der Waals surface area contributed by atoms with E-state index in [0.29, 0.717) is 30.0 Å². The molecule has 0 spiro atoms. The quantitative estimate of drug-likeness (QED) is 0.380. The van der Waals surface area contributed by atoms with E-state index >= 15 is 0 Å². The highest BCUT2D eigenvalue weighted by atomic mass is 35.5. The number of hydrogen-bond donors (Lipinski definition) is 3. The fraction of sp³-hybridized carbons (Fsp3) is 0.192. The van der Waals surface area contributed by atoms with E-state index in [9.17, 15) is 9.90 Å². The van der Waals surface area contributed by atoms with Crippen LogP contribution in [0.25, 0.3) is 22.5 Å². The van der Waals surface area contributed by atoms with Gasteiger partial charge < -0.3 is 10.1 Å². The summed E-state index contributed by atoms with van der Waals surface area (Å²) >= 11 is 5.98. The van der Waals surface area contributed by atoms with Gasteiger partial charge in [-0.3, -0.25) is 20.1 Å². The number of nitrogens with zero attached hydrogens (tertiary/aromatic N) is 4. The molecule has 178 valence electrons. The van der Waals surface area contributed by atoms with Crippen LogP contribution < -0.4 is 5.43 Å². The van der Waals surface area contributed by atoms with E-state index in [0.717, 1.165) is 25.2 Å². The zero-order chi connectivity index (χ0) is 24.2. The molecule has 4 aromatic rings. The van der Waals surface area contributed by atoms with E-state index in [1.54, 1.807) is 24.5 Å². The lowest BCUT2D eigenvalue weighted by Gasteiger charge is -2.34. The van der Waals surface area contributed by atoms with Gasteiger partial charge in [-0.2, -0.15) is 0 Å². The molecule has 1 aliphatic heterocycles. The van der Waals surface area contributed by atoms with Crippen molar-refractivity contribution in [2.75, 3.05) is 26.2 Å². The predicted octanol–water partition coefficient (Wildman–Crippen LogP) is 3.96. The van der Waals surface area contributed by atoms with E-state index < -0.39 is 0 Å². The molecule has 5 rings (SSSR count). The molecule has 3 N–H and O–H groups in total. The largest absolute Gasteiger partial charge is 0.506 e. The van der Waals surface area contributed by atoms with Crippen LogP contribution >= 0.6 is 11.6 Å². The minimum atomic E-state index is -0.318. The summed E-state index contributed by atoms with van der Waals surface area (Å²) in [6, 6.07) is 18.9. The number of halogens is 1. The summed E-state index contributed by atoms with van der Waals surface area (Å²) in [5.41, 5.74) is 6.93. The Kier molecular flexibility index (Phi) is 6.76. The highest BCUT2D eigenvalue weighted by Gasteiger charge is 2.23. The van der Waals surface area contributed by atoms with E-state index in [2.05, 4.69) is 49.5 Å². The number of aromatic amines is 1. The number of benzene rings is 2. The number of aromatic nitrogens is 3. The number of carbonyl (C=O) groups is 1. The minimum absolute atomic E-state index is 0.0489. The van der Waals surface area contributed by atoms with Gasteiger partial charge in [0.05, 0.1) is 16.4 Å². The molecule has 0 unspecified atom stereocenters. The average molecular weight is 489 g/mol. The highest BCUT2D eigenvalue weighted by molar-refractivity contribution is 6.32. The first-order chi connectivity index (χ1) is 17.1. The van der Waals surface area contributed by atoms with Crippen molar-refractivity contribution >= 4 is 17.5 Å². The van der Waals surface area contributed by atoms with Crippen molar-refractivity contribution in [3.05, 3.63) is 89.5 Å². The van der Waals surface area contributed by atoms with Crippen molar-refractivity contribution < 1.29 is 9.90 Å². The highest BCUT2D eigenvalue weighted by Crippen LogP contribution is 2.34. The van der Waals surface area contributed by atoms with Gasteiger partial charge in [-0.25, -0.2) is 9.99 Å². The number of imidazole rings is 1. The summed E-state index contributed by atoms with van der Waals surface area (Å²) in [6.45, 7) is 4.03. The van der Waals surface area contributed by atoms with Crippen LogP contribution in [0.1, 0.15) is 16.2 Å². The Morgan fingerprint density at radius 3 is 2.46 bits per heavy atom. The monoisotopic (exact) mass is 488 g/mol. The molecule has 2 aromatic carbocycles. The second-order valence-corrected chi connectivity index (χ2v) is 8.81. The number of aromatic hydroxyl groups is 1. The maximum atomic E-state index is 13.1. The fourth-order valence-electron chi connectivity index (χ4n) is 4.13. The van der Waals surface area contributed by atoms with Crippen LogP contribution in [-0.4, -0.2) is 62.1 Å². The number of amides is 1. The topological polar surface area (TPSA) is 97.4 Å². The Morgan fingerprint density at radius 1 is 1.00 bits per heavy atom. The Morgan fingerprint density at radius 2 is 1.74 bits per heavy atom. The van der Waals surface area contributed by atoms with E-state index in [1.165, 1.54) is 11.6 Å². The van der Waals surface area contributed by atoms with Crippen LogP contribution in [0.5, 0.6) is 5.75 Å². The van der Waals surface area contributed by atoms with E-state index in [1.807, 2.05) is 23.2 Å². The van der Waals surface area contributed by atoms with Crippen molar-refractivity contribution in [2.45, 2.75) is 6.54 Å². The fourth-order valence-corrected chi connectivity index (χ4v) is 4.25. The van der Waals surface area contributed by atoms with Gasteiger partial charge in [0.25, 0.3) is 0 Å². The maximum absolute atomic E-state index is 13.1. The molecule has 0 aliphatic carbocycles. The van der Waals surface area contributed by atoms with E-state index in [-0.39, 0.29) is 22.5 Å². The molecule has 1 aliphatic rings. The molecule has 0 saturated carbocycles. The lowest BCUT2D eigenvalue weighted by atomic mass is 10.1. The smallest absolute Gasteiger partial charge is 0.301 e. The second kappa shape index (κ2) is 10.3. The molecule has 0 atom stereocenters. The Hall–Kier alpha value is -3.72. The number of H-pyrrole nitrogens is 1. The zero-order valence-electron chi connectivity index (χ0n) is 19.0. The maximum Gasteiger partial charge on any atom is 0.301 e. The number of carbonyl (C=O) groups excluding carboxylic acids is 1. The molecular weight excluding hydrogens is 464 g/mol. The van der Waals surface area contributed by atoms with Gasteiger partial charge in [-0.15, -0.1) is 0 Å². The average Bonchev–Trinajstić information content (AvgIpc) is 3.34. The van der Waals surface area contributed by atoms with Gasteiger partial charge in [0.1, 0.15) is 5.75 Å². The molecule has 9 heteroatoms. The van der Waals surface area contributed by atoms with Gasteiger partial charge in [0.15, 0.2) is 5.82 Å². The Balaban J connectivity index is 1.31. The molecule has 1 amide bonds. The molecule has 0 bridgehead atoms. The van der Waals surface area contributed by atoms with Crippen LogP contribution in [0.4, 0.5) is 0 Å². The predicted molar refractivity (Wildman–Crippen MR) is 135 cm³/mol. The number of rotatable bonds is 6. The standard InChI is InChI=1S/C26H25ClN6O2/c27-21-7-6-20(16-22(21)34)24-23(19-8-10-28-11-9-19)29-25(30-24)26(35)31-33-14-12-32(13-15-33)17-18-4-2-1-3-5-18/h1-11,16,34H,12-15,17H2,(H,29,30)(H,31,35). The minimum Gasteiger partial charge on any atom is -0.506 e. The van der Waals surface area contributed by atoms with Gasteiger partial charge in [0, 0.05) is 56.2 Å². The third kappa shape index (κ3) is 5.35. The molecule has 1 saturated heterocycles. The summed E-state index contributed by atoms with van der Waals surface area (Å²) in [5, 5.41) is 12.3. The SMILES string of the molecule is O=C(NN1CCN(Cc2ccccc2)CC1)c1nc(-c2ccc(Cl)c(O)c2)c(-c2ccncc2)[nH]1. The van der Waals surface area contributed by atoms with Crippen LogP contribution in [0.2, 0.25) is 5.02 Å². The van der Waals surface area contributed by atoms with Gasteiger partial charge >= 0.3 is 5.91 Å². The second-order valence-electron chi connectivity index (χ2n) is 8.40.